The van der Waals surface area contributed by atoms with E-state index in [1.807, 2.05) is 0 Å². The third-order valence-corrected chi connectivity index (χ3v) is 8.57. The quantitative estimate of drug-likeness (QED) is 0.310. The van der Waals surface area contributed by atoms with Crippen LogP contribution in [0.1, 0.15) is 52.9 Å². The molecule has 0 heterocycles. The summed E-state index contributed by atoms with van der Waals surface area (Å²) >= 11 is 4.82. The van der Waals surface area contributed by atoms with E-state index >= 15 is 0 Å². The van der Waals surface area contributed by atoms with E-state index in [0.717, 1.165) is 37.0 Å². The summed E-state index contributed by atoms with van der Waals surface area (Å²) in [6.45, 7) is 6.62. The zero-order chi connectivity index (χ0) is 21.6. The van der Waals surface area contributed by atoms with Crippen LogP contribution in [0.15, 0.2) is 22.9 Å². The molecule has 3 saturated carbocycles. The van der Waals surface area contributed by atoms with Crippen molar-refractivity contribution in [3.8, 4) is 0 Å². The molecule has 29 heavy (non-hydrogen) atoms. The van der Waals surface area contributed by atoms with E-state index in [2.05, 4.69) is 26.8 Å². The van der Waals surface area contributed by atoms with Crippen LogP contribution in [0.4, 0.5) is 0 Å². The number of nitrogens with two attached hydrogens (primary N) is 1. The van der Waals surface area contributed by atoms with Crippen molar-refractivity contribution >= 4 is 24.1 Å². The molecule has 162 valence electrons. The van der Waals surface area contributed by atoms with Crippen molar-refractivity contribution in [2.24, 2.45) is 40.2 Å². The van der Waals surface area contributed by atoms with Crippen LogP contribution in [0.2, 0.25) is 0 Å². The van der Waals surface area contributed by atoms with Crippen LogP contribution >= 0.6 is 11.6 Å². The lowest BCUT2D eigenvalue weighted by Gasteiger charge is -2.59. The number of hydrogen-bond donors (Lipinski definition) is 4. The molecule has 3 fully saturated rings. The lowest BCUT2D eigenvalue weighted by atomic mass is 9.46. The largest absolute Gasteiger partial charge is 0.398 e. The molecule has 8 atom stereocenters. The monoisotopic (exact) mass is 422 g/mol. The second-order valence-electron chi connectivity index (χ2n) is 9.98. The summed E-state index contributed by atoms with van der Waals surface area (Å²) in [6, 6.07) is 0. The molecule has 0 radical (unpaired) electrons. The minimum absolute atomic E-state index is 0.111. The van der Waals surface area contributed by atoms with Crippen LogP contribution < -0.4 is 5.73 Å². The van der Waals surface area contributed by atoms with Crippen molar-refractivity contribution < 1.29 is 15.0 Å². The Hall–Kier alpha value is -1.17. The molecule has 0 bridgehead atoms. The number of nitrogens with one attached hydrogen (secondary N) is 1. The second-order valence-corrected chi connectivity index (χ2v) is 10.3. The first-order chi connectivity index (χ1) is 13.6. The number of rotatable bonds is 2. The topological polar surface area (TPSA) is 107 Å². The predicted molar refractivity (Wildman–Crippen MR) is 116 cm³/mol. The SMILES string of the molecule is C[C@H]1CC2[C@@H]3CCC4=CC(N)=C(C=N)C[C@]4(C)C3[C@@H](O)C[C@]2(C)[C@@H]1O.O=CCCl. The van der Waals surface area contributed by atoms with E-state index in [0.29, 0.717) is 30.5 Å². The number of aliphatic hydroxyl groups is 2. The van der Waals surface area contributed by atoms with Crippen LogP contribution in [0, 0.1) is 39.9 Å². The van der Waals surface area contributed by atoms with Crippen LogP contribution in [0.3, 0.4) is 0 Å². The number of carbonyl (C=O) groups excluding carboxylic acids is 1. The molecule has 0 spiro atoms. The van der Waals surface area contributed by atoms with Crippen LogP contribution in [-0.2, 0) is 4.79 Å². The molecular formula is C23H35ClN2O3. The number of aliphatic hydroxyl groups excluding tert-OH is 2. The van der Waals surface area contributed by atoms with Gasteiger partial charge < -0.3 is 26.2 Å². The van der Waals surface area contributed by atoms with E-state index < -0.39 is 6.10 Å². The zero-order valence-corrected chi connectivity index (χ0v) is 18.5. The van der Waals surface area contributed by atoms with Gasteiger partial charge in [-0.1, -0.05) is 26.3 Å². The molecule has 0 saturated heterocycles. The van der Waals surface area contributed by atoms with Crippen molar-refractivity contribution in [3.05, 3.63) is 22.9 Å². The molecule has 4 rings (SSSR count). The Morgan fingerprint density at radius 3 is 2.62 bits per heavy atom. The van der Waals surface area contributed by atoms with Gasteiger partial charge in [0.05, 0.1) is 18.1 Å². The van der Waals surface area contributed by atoms with Gasteiger partial charge in [-0.25, -0.2) is 0 Å². The van der Waals surface area contributed by atoms with Crippen molar-refractivity contribution in [3.63, 3.8) is 0 Å². The Balaban J connectivity index is 0.000000552. The third-order valence-electron chi connectivity index (χ3n) is 8.44. The van der Waals surface area contributed by atoms with Gasteiger partial charge in [0.2, 0.25) is 0 Å². The van der Waals surface area contributed by atoms with Crippen molar-refractivity contribution in [2.75, 3.05) is 5.88 Å². The van der Waals surface area contributed by atoms with E-state index in [1.165, 1.54) is 11.8 Å². The molecule has 0 amide bonds. The van der Waals surface area contributed by atoms with Crippen LogP contribution in [-0.4, -0.2) is 40.8 Å². The molecule has 5 N–H and O–H groups in total. The Morgan fingerprint density at radius 1 is 1.38 bits per heavy atom. The first-order valence-electron chi connectivity index (χ1n) is 10.7. The molecule has 0 aromatic rings. The Kier molecular flexibility index (Phi) is 6.34. The summed E-state index contributed by atoms with van der Waals surface area (Å²) in [5, 5.41) is 29.7. The number of fused-ring (bicyclic) bond motifs is 5. The summed E-state index contributed by atoms with van der Waals surface area (Å²) in [4.78, 5) is 9.04. The molecule has 0 aliphatic heterocycles. The highest BCUT2D eigenvalue weighted by Crippen LogP contribution is 2.66. The molecular weight excluding hydrogens is 388 g/mol. The number of alkyl halides is 1. The van der Waals surface area contributed by atoms with E-state index in [1.54, 1.807) is 0 Å². The minimum Gasteiger partial charge on any atom is -0.398 e. The summed E-state index contributed by atoms with van der Waals surface area (Å²) in [5.41, 5.74) is 8.85. The van der Waals surface area contributed by atoms with E-state index in [9.17, 15) is 10.2 Å². The van der Waals surface area contributed by atoms with Crippen molar-refractivity contribution in [1.82, 2.24) is 0 Å². The molecule has 6 heteroatoms. The molecule has 4 aliphatic rings. The number of halogens is 1. The lowest BCUT2D eigenvalue weighted by molar-refractivity contribution is -0.138. The molecule has 0 aromatic heterocycles. The highest BCUT2D eigenvalue weighted by Gasteiger charge is 2.63. The maximum atomic E-state index is 11.2. The number of aldehydes is 1. The average molecular weight is 423 g/mol. The van der Waals surface area contributed by atoms with Gasteiger partial charge in [-0.3, -0.25) is 0 Å². The fraction of sp³-hybridized carbons (Fsp3) is 0.739. The fourth-order valence-electron chi connectivity index (χ4n) is 7.20. The minimum atomic E-state index is -0.397. The molecule has 4 aliphatic carbocycles. The van der Waals surface area contributed by atoms with E-state index in [4.69, 9.17) is 27.5 Å². The number of carbonyl (C=O) groups is 1. The molecule has 5 nitrogen and oxygen atoms in total. The lowest BCUT2D eigenvalue weighted by Crippen LogP contribution is -2.57. The number of allylic oxidation sites excluding steroid dienone is 3. The smallest absolute Gasteiger partial charge is 0.134 e. The van der Waals surface area contributed by atoms with Crippen molar-refractivity contribution in [1.29, 1.82) is 5.41 Å². The predicted octanol–water partition coefficient (Wildman–Crippen LogP) is 3.42. The first kappa shape index (κ1) is 22.5. The Morgan fingerprint density at radius 2 is 2.03 bits per heavy atom. The maximum Gasteiger partial charge on any atom is 0.134 e. The van der Waals surface area contributed by atoms with Gasteiger partial charge in [0.1, 0.15) is 6.29 Å². The van der Waals surface area contributed by atoms with Gasteiger partial charge >= 0.3 is 0 Å². The van der Waals surface area contributed by atoms with Gasteiger partial charge in [0.15, 0.2) is 0 Å². The highest BCUT2D eigenvalue weighted by atomic mass is 35.5. The average Bonchev–Trinajstić information content (AvgIpc) is 2.91. The third kappa shape index (κ3) is 3.49. The molecule has 2 unspecified atom stereocenters. The summed E-state index contributed by atoms with van der Waals surface area (Å²) in [7, 11) is 0. The van der Waals surface area contributed by atoms with Gasteiger partial charge in [-0.2, -0.15) is 0 Å². The van der Waals surface area contributed by atoms with Gasteiger partial charge in [-0.15, -0.1) is 11.6 Å². The first-order valence-corrected chi connectivity index (χ1v) is 11.2. The standard InChI is InChI=1S/C21H32N2O2.C2H3ClO/c1-11-6-15-14-5-4-13-7-16(23)12(10-22)8-20(13,2)18(14)17(24)9-21(15,3)19(11)25;3-1-2-4/h7,10-11,14-15,17-19,22,24-25H,4-6,8-9,23H2,1-3H3;2H,1H2/t11-,14-,15?,17-,18?,19+,20-,21-;/m0./s1. The van der Waals surface area contributed by atoms with Crippen molar-refractivity contribution in [2.45, 2.75) is 65.1 Å². The fourth-order valence-corrected chi connectivity index (χ4v) is 7.20. The van der Waals surface area contributed by atoms with Gasteiger partial charge in [0.25, 0.3) is 0 Å². The van der Waals surface area contributed by atoms with Gasteiger partial charge in [-0.05, 0) is 78.3 Å². The van der Waals surface area contributed by atoms with Crippen LogP contribution in [0.5, 0.6) is 0 Å². The summed E-state index contributed by atoms with van der Waals surface area (Å²) in [5.74, 6) is 1.55. The zero-order valence-electron chi connectivity index (χ0n) is 17.7. The Labute approximate surface area is 178 Å². The normalized spacial score (nSPS) is 45.8. The Bertz CT molecular complexity index is 736. The maximum absolute atomic E-state index is 11.2. The highest BCUT2D eigenvalue weighted by molar-refractivity contribution is 6.24. The summed E-state index contributed by atoms with van der Waals surface area (Å²) in [6.07, 6.45) is 8.01. The number of hydrogen-bond acceptors (Lipinski definition) is 5. The van der Waals surface area contributed by atoms with E-state index in [-0.39, 0.29) is 28.7 Å². The van der Waals surface area contributed by atoms with Gasteiger partial charge in [0, 0.05) is 11.9 Å². The molecule has 0 aromatic carbocycles. The van der Waals surface area contributed by atoms with Crippen LogP contribution in [0.25, 0.3) is 0 Å². The summed E-state index contributed by atoms with van der Waals surface area (Å²) < 4.78 is 0. The second kappa shape index (κ2) is 8.16.